The summed E-state index contributed by atoms with van der Waals surface area (Å²) in [7, 11) is 0. The van der Waals surface area contributed by atoms with Gasteiger partial charge >= 0.3 is 5.97 Å². The first-order chi connectivity index (χ1) is 7.22. The Bertz CT molecular complexity index is 180. The van der Waals surface area contributed by atoms with Crippen molar-refractivity contribution in [3.8, 4) is 0 Å². The topological polar surface area (TPSA) is 26.3 Å². The summed E-state index contributed by atoms with van der Waals surface area (Å²) in [5, 5.41) is -0.704. The van der Waals surface area contributed by atoms with E-state index in [9.17, 15) is 4.79 Å². The van der Waals surface area contributed by atoms with Crippen LogP contribution in [0.15, 0.2) is 12.7 Å². The molecule has 15 heavy (non-hydrogen) atoms. The van der Waals surface area contributed by atoms with Crippen LogP contribution in [0.5, 0.6) is 0 Å². The van der Waals surface area contributed by atoms with Crippen molar-refractivity contribution in [3.05, 3.63) is 12.7 Å². The Morgan fingerprint density at radius 2 is 1.93 bits per heavy atom. The van der Waals surface area contributed by atoms with Crippen LogP contribution >= 0.6 is 11.6 Å². The fourth-order valence-corrected chi connectivity index (χ4v) is 1.29. The summed E-state index contributed by atoms with van der Waals surface area (Å²) in [5.74, 6) is -0.389. The van der Waals surface area contributed by atoms with Crippen molar-refractivity contribution in [1.29, 1.82) is 0 Å². The zero-order valence-electron chi connectivity index (χ0n) is 9.51. The number of hydrogen-bond acceptors (Lipinski definition) is 2. The van der Waals surface area contributed by atoms with E-state index in [1.54, 1.807) is 0 Å². The predicted molar refractivity (Wildman–Crippen MR) is 64.2 cm³/mol. The van der Waals surface area contributed by atoms with E-state index in [1.807, 2.05) is 0 Å². The average Bonchev–Trinajstić information content (AvgIpc) is 2.26. The zero-order valence-corrected chi connectivity index (χ0v) is 10.3. The van der Waals surface area contributed by atoms with Gasteiger partial charge in [-0.3, -0.25) is 4.79 Å². The van der Waals surface area contributed by atoms with Gasteiger partial charge in [-0.1, -0.05) is 45.1 Å². The summed E-state index contributed by atoms with van der Waals surface area (Å²) in [5.41, 5.74) is 0. The van der Waals surface area contributed by atoms with E-state index in [4.69, 9.17) is 16.3 Å². The van der Waals surface area contributed by atoms with Crippen LogP contribution in [0.4, 0.5) is 0 Å². The summed E-state index contributed by atoms with van der Waals surface area (Å²) < 4.78 is 4.96. The lowest BCUT2D eigenvalue weighted by molar-refractivity contribution is -0.142. The number of ether oxygens (including phenoxy) is 1. The fourth-order valence-electron chi connectivity index (χ4n) is 1.23. The molecule has 0 fully saturated rings. The minimum atomic E-state index is -0.704. The maximum absolute atomic E-state index is 11.1. The van der Waals surface area contributed by atoms with Gasteiger partial charge in [0.2, 0.25) is 0 Å². The van der Waals surface area contributed by atoms with Crippen molar-refractivity contribution in [1.82, 2.24) is 0 Å². The minimum Gasteiger partial charge on any atom is -0.464 e. The number of unbranched alkanes of at least 4 members (excludes halogenated alkanes) is 5. The quantitative estimate of drug-likeness (QED) is 0.262. The van der Waals surface area contributed by atoms with Gasteiger partial charge in [0.05, 0.1) is 6.61 Å². The first kappa shape index (κ1) is 14.5. The molecule has 0 aliphatic carbocycles. The molecular formula is C12H21ClO2. The van der Waals surface area contributed by atoms with E-state index in [0.717, 1.165) is 12.8 Å². The Balaban J connectivity index is 3.23. The highest BCUT2D eigenvalue weighted by atomic mass is 35.5. The van der Waals surface area contributed by atoms with Gasteiger partial charge < -0.3 is 4.74 Å². The normalized spacial score (nSPS) is 12.1. The number of esters is 1. The van der Waals surface area contributed by atoms with E-state index in [-0.39, 0.29) is 5.97 Å². The molecular weight excluding hydrogens is 212 g/mol. The first-order valence-electron chi connectivity index (χ1n) is 5.65. The minimum absolute atomic E-state index is 0.389. The third kappa shape index (κ3) is 8.49. The van der Waals surface area contributed by atoms with Crippen LogP contribution in [-0.2, 0) is 9.53 Å². The lowest BCUT2D eigenvalue weighted by Crippen LogP contribution is -2.15. The summed E-state index contributed by atoms with van der Waals surface area (Å²) in [4.78, 5) is 11.1. The molecule has 0 heterocycles. The molecule has 0 amide bonds. The van der Waals surface area contributed by atoms with E-state index < -0.39 is 5.38 Å². The third-order valence-electron chi connectivity index (χ3n) is 2.17. The lowest BCUT2D eigenvalue weighted by atomic mass is 10.1. The Kier molecular flexibility index (Phi) is 9.70. The molecule has 0 aliphatic heterocycles. The van der Waals surface area contributed by atoms with Crippen molar-refractivity contribution < 1.29 is 9.53 Å². The van der Waals surface area contributed by atoms with Crippen LogP contribution in [0.25, 0.3) is 0 Å². The molecule has 1 unspecified atom stereocenters. The monoisotopic (exact) mass is 232 g/mol. The second-order valence-electron chi connectivity index (χ2n) is 3.57. The Morgan fingerprint density at radius 1 is 1.33 bits per heavy atom. The number of carbonyl (C=O) groups excluding carboxylic acids is 1. The van der Waals surface area contributed by atoms with Crippen LogP contribution in [-0.4, -0.2) is 18.0 Å². The van der Waals surface area contributed by atoms with E-state index in [1.165, 1.54) is 31.8 Å². The van der Waals surface area contributed by atoms with Gasteiger partial charge in [-0.05, 0) is 6.42 Å². The molecule has 0 aromatic rings. The summed E-state index contributed by atoms with van der Waals surface area (Å²) in [6.45, 7) is 6.09. The zero-order chi connectivity index (χ0) is 11.5. The maximum Gasteiger partial charge on any atom is 0.327 e. The van der Waals surface area contributed by atoms with Crippen molar-refractivity contribution in [2.75, 3.05) is 6.61 Å². The fraction of sp³-hybridized carbons (Fsp3) is 0.750. The summed E-state index contributed by atoms with van der Waals surface area (Å²) in [6, 6.07) is 0. The molecule has 0 aromatic heterocycles. The van der Waals surface area contributed by atoms with Crippen molar-refractivity contribution in [2.45, 2.75) is 50.8 Å². The van der Waals surface area contributed by atoms with Crippen molar-refractivity contribution in [2.24, 2.45) is 0 Å². The number of carbonyl (C=O) groups is 1. The molecule has 0 aliphatic rings. The van der Waals surface area contributed by atoms with Gasteiger partial charge in [-0.2, -0.15) is 0 Å². The maximum atomic E-state index is 11.1. The van der Waals surface area contributed by atoms with Gasteiger partial charge in [0, 0.05) is 0 Å². The Hall–Kier alpha value is -0.500. The molecule has 0 aromatic carbocycles. The van der Waals surface area contributed by atoms with E-state index in [2.05, 4.69) is 13.5 Å². The highest BCUT2D eigenvalue weighted by Gasteiger charge is 2.11. The van der Waals surface area contributed by atoms with Crippen molar-refractivity contribution >= 4 is 17.6 Å². The first-order valence-corrected chi connectivity index (χ1v) is 6.09. The van der Waals surface area contributed by atoms with Crippen LogP contribution in [0.1, 0.15) is 45.4 Å². The standard InChI is InChI=1S/C12H21ClO2/c1-3-5-6-7-8-9-10-15-12(14)11(13)4-2/h4,11H,2-3,5-10H2,1H3. The number of hydrogen-bond donors (Lipinski definition) is 0. The molecule has 0 saturated heterocycles. The molecule has 1 atom stereocenters. The second kappa shape index (κ2) is 10.0. The average molecular weight is 233 g/mol. The number of rotatable bonds is 9. The molecule has 0 saturated carbocycles. The Labute approximate surface area is 97.6 Å². The van der Waals surface area contributed by atoms with Crippen LogP contribution in [0, 0.1) is 0 Å². The molecule has 0 bridgehead atoms. The van der Waals surface area contributed by atoms with E-state index in [0.29, 0.717) is 6.61 Å². The third-order valence-corrected chi connectivity index (χ3v) is 2.53. The molecule has 0 rings (SSSR count). The highest BCUT2D eigenvalue weighted by molar-refractivity contribution is 6.31. The van der Waals surface area contributed by atoms with Crippen LogP contribution in [0.2, 0.25) is 0 Å². The Morgan fingerprint density at radius 3 is 2.53 bits per heavy atom. The van der Waals surface area contributed by atoms with Gasteiger partial charge in [-0.25, -0.2) is 0 Å². The largest absolute Gasteiger partial charge is 0.464 e. The molecule has 88 valence electrons. The molecule has 2 nitrogen and oxygen atoms in total. The number of alkyl halides is 1. The van der Waals surface area contributed by atoms with Crippen LogP contribution in [0.3, 0.4) is 0 Å². The molecule has 0 N–H and O–H groups in total. The number of halogens is 1. The SMILES string of the molecule is C=CC(Cl)C(=O)OCCCCCCCC. The second-order valence-corrected chi connectivity index (χ2v) is 4.04. The van der Waals surface area contributed by atoms with E-state index >= 15 is 0 Å². The van der Waals surface area contributed by atoms with Gasteiger partial charge in [-0.15, -0.1) is 18.2 Å². The highest BCUT2D eigenvalue weighted by Crippen LogP contribution is 2.06. The summed E-state index contributed by atoms with van der Waals surface area (Å²) in [6.07, 6.45) is 8.46. The van der Waals surface area contributed by atoms with Gasteiger partial charge in [0.1, 0.15) is 5.38 Å². The lowest BCUT2D eigenvalue weighted by Gasteiger charge is -2.06. The van der Waals surface area contributed by atoms with Gasteiger partial charge in [0.25, 0.3) is 0 Å². The van der Waals surface area contributed by atoms with Crippen LogP contribution < -0.4 is 0 Å². The van der Waals surface area contributed by atoms with Gasteiger partial charge in [0.15, 0.2) is 0 Å². The summed E-state index contributed by atoms with van der Waals surface area (Å²) >= 11 is 5.60. The predicted octanol–water partition coefficient (Wildman–Crippen LogP) is 3.68. The van der Waals surface area contributed by atoms with Crippen molar-refractivity contribution in [3.63, 3.8) is 0 Å². The molecule has 0 radical (unpaired) electrons. The molecule has 3 heteroatoms. The molecule has 0 spiro atoms. The smallest absolute Gasteiger partial charge is 0.327 e.